The predicted octanol–water partition coefficient (Wildman–Crippen LogP) is 6.17. The number of hydrogen-bond donors (Lipinski definition) is 0. The highest BCUT2D eigenvalue weighted by Gasteiger charge is 2.60. The summed E-state index contributed by atoms with van der Waals surface area (Å²) in [7, 11) is 0. The SMILES string of the molecule is O=C1C=C(c2ccccc2)C=C(c2ccccc2)[C@@]12C(=O)N(c1ccccc1)N=C2c1ccccc1. The van der Waals surface area contributed by atoms with E-state index in [1.54, 1.807) is 6.08 Å². The number of hydrazone groups is 1. The summed E-state index contributed by atoms with van der Waals surface area (Å²) in [6, 6.07) is 38.1. The smallest absolute Gasteiger partial charge is 0.272 e. The Balaban J connectivity index is 1.63. The number of anilines is 1. The summed E-state index contributed by atoms with van der Waals surface area (Å²) in [5, 5.41) is 6.19. The van der Waals surface area contributed by atoms with Crippen molar-refractivity contribution in [1.82, 2.24) is 0 Å². The quantitative estimate of drug-likeness (QED) is 0.338. The summed E-state index contributed by atoms with van der Waals surface area (Å²) in [5.41, 5.74) is 3.29. The third-order valence-electron chi connectivity index (χ3n) is 6.67. The van der Waals surface area contributed by atoms with Gasteiger partial charge in [-0.2, -0.15) is 10.1 Å². The van der Waals surface area contributed by atoms with E-state index in [9.17, 15) is 9.59 Å². The van der Waals surface area contributed by atoms with E-state index in [2.05, 4.69) is 0 Å². The van der Waals surface area contributed by atoms with Crippen LogP contribution in [0.5, 0.6) is 0 Å². The van der Waals surface area contributed by atoms with Crippen molar-refractivity contribution in [3.8, 4) is 0 Å². The molecule has 1 aliphatic heterocycles. The minimum atomic E-state index is -1.60. The molecule has 4 nitrogen and oxygen atoms in total. The number of allylic oxidation sites excluding steroid dienone is 3. The van der Waals surface area contributed by atoms with Crippen LogP contribution in [-0.2, 0) is 9.59 Å². The number of hydrogen-bond acceptors (Lipinski definition) is 3. The number of amides is 1. The Bertz CT molecular complexity index is 1540. The molecule has 0 N–H and O–H groups in total. The summed E-state index contributed by atoms with van der Waals surface area (Å²) in [5.74, 6) is -0.676. The summed E-state index contributed by atoms with van der Waals surface area (Å²) in [4.78, 5) is 28.7. The summed E-state index contributed by atoms with van der Waals surface area (Å²) >= 11 is 0. The van der Waals surface area contributed by atoms with Gasteiger partial charge >= 0.3 is 0 Å². The van der Waals surface area contributed by atoms with Crippen LogP contribution in [0.1, 0.15) is 16.7 Å². The number of rotatable bonds is 4. The lowest BCUT2D eigenvalue weighted by molar-refractivity contribution is -0.129. The second-order valence-corrected chi connectivity index (χ2v) is 8.77. The van der Waals surface area contributed by atoms with Crippen LogP contribution in [0.15, 0.2) is 139 Å². The summed E-state index contributed by atoms with van der Waals surface area (Å²) in [6.07, 6.45) is 3.56. The van der Waals surface area contributed by atoms with E-state index in [0.29, 0.717) is 17.0 Å². The minimum absolute atomic E-state index is 0.297. The van der Waals surface area contributed by atoms with Gasteiger partial charge in [-0.05, 0) is 52.1 Å². The van der Waals surface area contributed by atoms with E-state index in [-0.39, 0.29) is 11.7 Å². The van der Waals surface area contributed by atoms with Crippen LogP contribution in [0.4, 0.5) is 5.69 Å². The van der Waals surface area contributed by atoms with E-state index >= 15 is 0 Å². The molecule has 36 heavy (non-hydrogen) atoms. The van der Waals surface area contributed by atoms with Crippen LogP contribution in [0.2, 0.25) is 0 Å². The van der Waals surface area contributed by atoms with Crippen molar-refractivity contribution in [3.05, 3.63) is 150 Å². The zero-order chi connectivity index (χ0) is 24.5. The van der Waals surface area contributed by atoms with E-state index in [1.165, 1.54) is 5.01 Å². The molecular formula is C32H22N2O2. The molecule has 0 unspecified atom stereocenters. The van der Waals surface area contributed by atoms with Crippen LogP contribution >= 0.6 is 0 Å². The van der Waals surface area contributed by atoms with Gasteiger partial charge in [0, 0.05) is 0 Å². The molecule has 0 aromatic heterocycles. The highest BCUT2D eigenvalue weighted by Crippen LogP contribution is 2.49. The lowest BCUT2D eigenvalue weighted by atomic mass is 9.65. The van der Waals surface area contributed by atoms with Crippen LogP contribution in [-0.4, -0.2) is 17.4 Å². The number of nitrogens with zero attached hydrogens (tertiary/aromatic N) is 2. The van der Waals surface area contributed by atoms with E-state index in [4.69, 9.17) is 5.10 Å². The van der Waals surface area contributed by atoms with Crippen LogP contribution in [0.25, 0.3) is 11.1 Å². The molecule has 1 atom stereocenters. The molecule has 4 aromatic rings. The molecule has 6 rings (SSSR count). The largest absolute Gasteiger partial charge is 0.293 e. The Labute approximate surface area is 209 Å². The van der Waals surface area contributed by atoms with Gasteiger partial charge in [-0.1, -0.05) is 109 Å². The number of carbonyl (C=O) groups is 2. The Hall–Kier alpha value is -4.83. The third kappa shape index (κ3) is 3.35. The third-order valence-corrected chi connectivity index (χ3v) is 6.67. The molecule has 1 aliphatic carbocycles. The van der Waals surface area contributed by atoms with Gasteiger partial charge in [0.1, 0.15) is 0 Å². The van der Waals surface area contributed by atoms with Gasteiger partial charge in [-0.15, -0.1) is 0 Å². The van der Waals surface area contributed by atoms with Crippen molar-refractivity contribution in [2.75, 3.05) is 5.01 Å². The number of carbonyl (C=O) groups excluding carboxylic acids is 2. The van der Waals surface area contributed by atoms with Crippen molar-refractivity contribution in [2.45, 2.75) is 0 Å². The normalized spacial score (nSPS) is 19.2. The highest BCUT2D eigenvalue weighted by atomic mass is 16.2. The van der Waals surface area contributed by atoms with E-state index in [1.807, 2.05) is 127 Å². The minimum Gasteiger partial charge on any atom is -0.293 e. The van der Waals surface area contributed by atoms with Crippen molar-refractivity contribution in [1.29, 1.82) is 0 Å². The van der Waals surface area contributed by atoms with Crippen LogP contribution in [0, 0.1) is 5.41 Å². The van der Waals surface area contributed by atoms with Crippen molar-refractivity contribution < 1.29 is 9.59 Å². The molecule has 0 bridgehead atoms. The van der Waals surface area contributed by atoms with Gasteiger partial charge in [-0.3, -0.25) is 9.59 Å². The fourth-order valence-electron chi connectivity index (χ4n) is 4.96. The Morgan fingerprint density at radius 3 is 1.64 bits per heavy atom. The van der Waals surface area contributed by atoms with Crippen molar-refractivity contribution in [3.63, 3.8) is 0 Å². The maximum Gasteiger partial charge on any atom is 0.272 e. The van der Waals surface area contributed by atoms with Crippen molar-refractivity contribution in [2.24, 2.45) is 10.5 Å². The van der Waals surface area contributed by atoms with Gasteiger partial charge < -0.3 is 0 Å². The van der Waals surface area contributed by atoms with E-state index < -0.39 is 5.41 Å². The van der Waals surface area contributed by atoms with Gasteiger partial charge in [-0.25, -0.2) is 0 Å². The first-order valence-electron chi connectivity index (χ1n) is 11.8. The molecular weight excluding hydrogens is 444 g/mol. The number of ketones is 1. The fraction of sp³-hybridized carbons (Fsp3) is 0.0312. The fourth-order valence-corrected chi connectivity index (χ4v) is 4.96. The first-order chi connectivity index (χ1) is 17.7. The summed E-state index contributed by atoms with van der Waals surface area (Å²) < 4.78 is 0. The molecule has 4 aromatic carbocycles. The maximum atomic E-state index is 14.4. The lowest BCUT2D eigenvalue weighted by Crippen LogP contribution is -2.48. The zero-order valence-electron chi connectivity index (χ0n) is 19.4. The van der Waals surface area contributed by atoms with Gasteiger partial charge in [0.15, 0.2) is 11.2 Å². The van der Waals surface area contributed by atoms with Crippen LogP contribution < -0.4 is 5.01 Å². The average Bonchev–Trinajstić information content (AvgIpc) is 3.25. The monoisotopic (exact) mass is 466 g/mol. The predicted molar refractivity (Wildman–Crippen MR) is 143 cm³/mol. The molecule has 4 heteroatoms. The standard InChI is InChI=1S/C32H22N2O2/c35-29-22-26(23-13-5-1-6-14-23)21-28(24-15-7-2-8-16-24)32(29)30(25-17-9-3-10-18-25)33-34(31(32)36)27-19-11-4-12-20-27/h1-22H/t32-/m1/s1. The molecule has 0 saturated carbocycles. The molecule has 0 fully saturated rings. The van der Waals surface area contributed by atoms with Gasteiger partial charge in [0.25, 0.3) is 5.91 Å². The number of para-hydroxylation sites is 1. The molecule has 1 amide bonds. The second kappa shape index (κ2) is 8.75. The molecule has 172 valence electrons. The van der Waals surface area contributed by atoms with Gasteiger partial charge in [0.05, 0.1) is 11.4 Å². The summed E-state index contributed by atoms with van der Waals surface area (Å²) in [6.45, 7) is 0. The van der Waals surface area contributed by atoms with Gasteiger partial charge in [0.2, 0.25) is 0 Å². The first-order valence-corrected chi connectivity index (χ1v) is 11.8. The Kier molecular flexibility index (Phi) is 5.27. The Morgan fingerprint density at radius 1 is 0.556 bits per heavy atom. The van der Waals surface area contributed by atoms with Crippen LogP contribution in [0.3, 0.4) is 0 Å². The zero-order valence-corrected chi connectivity index (χ0v) is 19.4. The highest BCUT2D eigenvalue weighted by molar-refractivity contribution is 6.45. The molecule has 1 spiro atoms. The maximum absolute atomic E-state index is 14.4. The molecule has 0 saturated heterocycles. The Morgan fingerprint density at radius 2 is 1.06 bits per heavy atom. The molecule has 1 heterocycles. The number of benzene rings is 4. The topological polar surface area (TPSA) is 49.7 Å². The molecule has 2 aliphatic rings. The average molecular weight is 467 g/mol. The van der Waals surface area contributed by atoms with Crippen molar-refractivity contribution >= 4 is 34.2 Å². The second-order valence-electron chi connectivity index (χ2n) is 8.77. The van der Waals surface area contributed by atoms with E-state index in [0.717, 1.165) is 22.3 Å². The molecule has 0 radical (unpaired) electrons. The lowest BCUT2D eigenvalue weighted by Gasteiger charge is -2.33. The first kappa shape index (κ1) is 21.7.